The highest BCUT2D eigenvalue weighted by Gasteiger charge is 2.34. The van der Waals surface area contributed by atoms with Gasteiger partial charge in [-0.15, -0.1) is 0 Å². The van der Waals surface area contributed by atoms with E-state index in [-0.39, 0.29) is 17.9 Å². The summed E-state index contributed by atoms with van der Waals surface area (Å²) in [5, 5.41) is 0. The molecule has 2 aromatic rings. The molecule has 0 aliphatic rings. The van der Waals surface area contributed by atoms with Crippen LogP contribution in [-0.4, -0.2) is 22.0 Å². The first-order valence-electron chi connectivity index (χ1n) is 5.16. The molecule has 0 radical (unpaired) electrons. The molecule has 2 rings (SSSR count). The first-order chi connectivity index (χ1) is 8.45. The fraction of sp³-hybridized carbons (Fsp3) is 0.273. The Morgan fingerprint density at radius 1 is 1.44 bits per heavy atom. The molecule has 0 aliphatic carbocycles. The number of imidazole rings is 1. The molecule has 0 aromatic carbocycles. The fourth-order valence-electron chi connectivity index (χ4n) is 1.61. The average molecular weight is 258 g/mol. The zero-order chi connectivity index (χ0) is 13.3. The van der Waals surface area contributed by atoms with Crippen LogP contribution in [0.5, 0.6) is 0 Å². The summed E-state index contributed by atoms with van der Waals surface area (Å²) in [5.74, 6) is -0.832. The first-order valence-corrected chi connectivity index (χ1v) is 5.16. The van der Waals surface area contributed by atoms with Crippen molar-refractivity contribution in [3.8, 4) is 0 Å². The predicted molar refractivity (Wildman–Crippen MR) is 56.2 cm³/mol. The van der Waals surface area contributed by atoms with E-state index in [0.29, 0.717) is 0 Å². The number of nitrogens with zero attached hydrogens (tertiary/aromatic N) is 2. The lowest BCUT2D eigenvalue weighted by molar-refractivity contribution is -0.142. The number of pyridine rings is 1. The van der Waals surface area contributed by atoms with Crippen molar-refractivity contribution in [3.05, 3.63) is 35.8 Å². The van der Waals surface area contributed by atoms with Crippen LogP contribution in [0.1, 0.15) is 23.1 Å². The molecule has 0 atom stereocenters. The van der Waals surface area contributed by atoms with Crippen LogP contribution >= 0.6 is 0 Å². The van der Waals surface area contributed by atoms with Gasteiger partial charge >= 0.3 is 12.1 Å². The van der Waals surface area contributed by atoms with Crippen molar-refractivity contribution in [2.24, 2.45) is 0 Å². The monoisotopic (exact) mass is 258 g/mol. The first kappa shape index (κ1) is 12.4. The minimum atomic E-state index is -4.57. The Hall–Kier alpha value is -2.05. The molecule has 2 aromatic heterocycles. The predicted octanol–water partition coefficient (Wildman–Crippen LogP) is 2.53. The van der Waals surface area contributed by atoms with Crippen LogP contribution in [-0.2, 0) is 10.9 Å². The van der Waals surface area contributed by atoms with E-state index < -0.39 is 17.8 Å². The maximum absolute atomic E-state index is 12.8. The second-order valence-electron chi connectivity index (χ2n) is 3.47. The Kier molecular flexibility index (Phi) is 2.98. The van der Waals surface area contributed by atoms with Gasteiger partial charge in [-0.05, 0) is 19.1 Å². The fourth-order valence-corrected chi connectivity index (χ4v) is 1.61. The minimum Gasteiger partial charge on any atom is -0.461 e. The zero-order valence-corrected chi connectivity index (χ0v) is 9.36. The Balaban J connectivity index is 2.66. The molecule has 7 heteroatoms. The third kappa shape index (κ3) is 2.03. The van der Waals surface area contributed by atoms with E-state index in [0.717, 1.165) is 16.7 Å². The van der Waals surface area contributed by atoms with Gasteiger partial charge in [0.05, 0.1) is 12.8 Å². The molecule has 18 heavy (non-hydrogen) atoms. The summed E-state index contributed by atoms with van der Waals surface area (Å²) in [5.41, 5.74) is -1.15. The smallest absolute Gasteiger partial charge is 0.431 e. The second-order valence-corrected chi connectivity index (χ2v) is 3.47. The lowest BCUT2D eigenvalue weighted by Gasteiger charge is -2.11. The van der Waals surface area contributed by atoms with Gasteiger partial charge in [-0.3, -0.25) is 4.40 Å². The number of alkyl halides is 3. The lowest BCUT2D eigenvalue weighted by Crippen LogP contribution is -2.16. The molecule has 96 valence electrons. The Morgan fingerprint density at radius 3 is 2.78 bits per heavy atom. The summed E-state index contributed by atoms with van der Waals surface area (Å²) >= 11 is 0. The van der Waals surface area contributed by atoms with Gasteiger partial charge in [-0.25, -0.2) is 9.78 Å². The van der Waals surface area contributed by atoms with Crippen LogP contribution in [0.15, 0.2) is 24.4 Å². The molecule has 0 saturated heterocycles. The summed E-state index contributed by atoms with van der Waals surface area (Å²) in [6.45, 7) is 1.66. The molecule has 0 saturated carbocycles. The normalized spacial score (nSPS) is 11.8. The van der Waals surface area contributed by atoms with E-state index in [1.165, 1.54) is 12.1 Å². The van der Waals surface area contributed by atoms with Crippen molar-refractivity contribution >= 4 is 11.6 Å². The molecule has 0 N–H and O–H groups in total. The van der Waals surface area contributed by atoms with E-state index >= 15 is 0 Å². The van der Waals surface area contributed by atoms with Crippen LogP contribution in [0, 0.1) is 0 Å². The number of halogens is 3. The van der Waals surface area contributed by atoms with E-state index in [4.69, 9.17) is 4.74 Å². The highest BCUT2D eigenvalue weighted by Crippen LogP contribution is 2.30. The van der Waals surface area contributed by atoms with Crippen LogP contribution in [0.25, 0.3) is 5.65 Å². The molecule has 0 bridgehead atoms. The third-order valence-corrected chi connectivity index (χ3v) is 2.30. The Bertz CT molecular complexity index is 589. The summed E-state index contributed by atoms with van der Waals surface area (Å²) in [7, 11) is 0. The third-order valence-electron chi connectivity index (χ3n) is 2.30. The van der Waals surface area contributed by atoms with Gasteiger partial charge in [0.1, 0.15) is 11.3 Å². The van der Waals surface area contributed by atoms with Crippen LogP contribution in [0.2, 0.25) is 0 Å². The molecule has 0 fully saturated rings. The van der Waals surface area contributed by atoms with E-state index in [9.17, 15) is 18.0 Å². The van der Waals surface area contributed by atoms with Crippen molar-refractivity contribution < 1.29 is 22.7 Å². The number of aromatic nitrogens is 2. The Labute approximate surface area is 100 Å². The lowest BCUT2D eigenvalue weighted by atomic mass is 10.3. The SMILES string of the molecule is CCOC(=O)c1cnc2cccc(C(F)(F)F)n12. The van der Waals surface area contributed by atoms with Gasteiger partial charge in [-0.1, -0.05) is 6.07 Å². The van der Waals surface area contributed by atoms with Gasteiger partial charge in [0, 0.05) is 0 Å². The van der Waals surface area contributed by atoms with Crippen molar-refractivity contribution in [1.29, 1.82) is 0 Å². The standard InChI is InChI=1S/C11H9F3N2O2/c1-2-18-10(17)7-6-15-9-5-3-4-8(16(7)9)11(12,13)14/h3-6H,2H2,1H3. The molecule has 0 spiro atoms. The molecule has 4 nitrogen and oxygen atoms in total. The molecule has 0 unspecified atom stereocenters. The van der Waals surface area contributed by atoms with Crippen LogP contribution in [0.4, 0.5) is 13.2 Å². The van der Waals surface area contributed by atoms with Gasteiger partial charge in [0.2, 0.25) is 0 Å². The number of rotatable bonds is 2. The van der Waals surface area contributed by atoms with Crippen LogP contribution < -0.4 is 0 Å². The number of carbonyl (C=O) groups excluding carboxylic acids is 1. The molecule has 0 aliphatic heterocycles. The van der Waals surface area contributed by atoms with Crippen LogP contribution in [0.3, 0.4) is 0 Å². The number of hydrogen-bond donors (Lipinski definition) is 0. The topological polar surface area (TPSA) is 43.6 Å². The largest absolute Gasteiger partial charge is 0.461 e. The molecular weight excluding hydrogens is 249 g/mol. The van der Waals surface area contributed by atoms with E-state index in [1.807, 2.05) is 0 Å². The highest BCUT2D eigenvalue weighted by atomic mass is 19.4. The van der Waals surface area contributed by atoms with Gasteiger partial charge in [-0.2, -0.15) is 13.2 Å². The second kappa shape index (κ2) is 4.32. The summed E-state index contributed by atoms with van der Waals surface area (Å²) < 4.78 is 43.9. The van der Waals surface area contributed by atoms with Gasteiger partial charge < -0.3 is 4.74 Å². The number of fused-ring (bicyclic) bond motifs is 1. The molecule has 2 heterocycles. The highest BCUT2D eigenvalue weighted by molar-refractivity contribution is 5.88. The summed E-state index contributed by atoms with van der Waals surface area (Å²) in [6, 6.07) is 3.51. The van der Waals surface area contributed by atoms with Gasteiger partial charge in [0.25, 0.3) is 0 Å². The maximum atomic E-state index is 12.8. The van der Waals surface area contributed by atoms with Crippen molar-refractivity contribution in [2.45, 2.75) is 13.1 Å². The minimum absolute atomic E-state index is 0.0490. The molecular formula is C11H9F3N2O2. The number of ether oxygens (including phenoxy) is 1. The number of carbonyl (C=O) groups is 1. The van der Waals surface area contributed by atoms with Gasteiger partial charge in [0.15, 0.2) is 5.69 Å². The number of esters is 1. The molecule has 0 amide bonds. The van der Waals surface area contributed by atoms with E-state index in [1.54, 1.807) is 6.92 Å². The maximum Gasteiger partial charge on any atom is 0.431 e. The average Bonchev–Trinajstić information content (AvgIpc) is 2.71. The summed E-state index contributed by atoms with van der Waals surface area (Å²) in [6.07, 6.45) is -3.50. The Morgan fingerprint density at radius 2 is 2.17 bits per heavy atom. The number of hydrogen-bond acceptors (Lipinski definition) is 3. The summed E-state index contributed by atoms with van der Waals surface area (Å²) in [4.78, 5) is 15.3. The van der Waals surface area contributed by atoms with Crippen molar-refractivity contribution in [1.82, 2.24) is 9.38 Å². The van der Waals surface area contributed by atoms with Crippen molar-refractivity contribution in [3.63, 3.8) is 0 Å². The van der Waals surface area contributed by atoms with Crippen molar-refractivity contribution in [2.75, 3.05) is 6.61 Å². The quantitative estimate of drug-likeness (QED) is 0.777. The zero-order valence-electron chi connectivity index (χ0n) is 9.36. The van der Waals surface area contributed by atoms with E-state index in [2.05, 4.69) is 4.98 Å².